The number of carboxylic acid groups (broad SMARTS) is 1. The predicted octanol–water partition coefficient (Wildman–Crippen LogP) is 1.11. The molecule has 2 aromatic carbocycles. The van der Waals surface area contributed by atoms with Gasteiger partial charge in [-0.3, -0.25) is 4.79 Å². The summed E-state index contributed by atoms with van der Waals surface area (Å²) in [5.74, 6) is -2.55. The molecule has 7 nitrogen and oxygen atoms in total. The number of carboxylic acids is 1. The summed E-state index contributed by atoms with van der Waals surface area (Å²) in [6.07, 6.45) is 6.64. The summed E-state index contributed by atoms with van der Waals surface area (Å²) in [6.45, 7) is 1.27. The number of carbonyl (C=O) groups is 2. The van der Waals surface area contributed by atoms with Gasteiger partial charge in [-0.1, -0.05) is 65.7 Å². The molecule has 1 N–H and O–H groups in total. The van der Waals surface area contributed by atoms with Crippen molar-refractivity contribution in [1.82, 2.24) is 5.32 Å². The van der Waals surface area contributed by atoms with Crippen molar-refractivity contribution < 1.29 is 58.5 Å². The fraction of sp³-hybridized carbons (Fsp3) is 0.407. The summed E-state index contributed by atoms with van der Waals surface area (Å²) in [5, 5.41) is 14.3. The molecule has 1 aliphatic heterocycles. The Morgan fingerprint density at radius 2 is 1.65 bits per heavy atom. The monoisotopic (exact) mass is 555 g/mol. The molecule has 2 fully saturated rings. The van der Waals surface area contributed by atoms with Gasteiger partial charge in [-0.2, -0.15) is 0 Å². The van der Waals surface area contributed by atoms with E-state index in [0.29, 0.717) is 13.2 Å². The Morgan fingerprint density at radius 1 is 1.05 bits per heavy atom. The Labute approximate surface area is 248 Å². The van der Waals surface area contributed by atoms with Crippen LogP contribution in [0.25, 0.3) is 6.08 Å². The van der Waals surface area contributed by atoms with Crippen molar-refractivity contribution >= 4 is 41.2 Å². The molecule has 192 valence electrons. The van der Waals surface area contributed by atoms with Gasteiger partial charge in [-0.25, -0.2) is 0 Å². The maximum atomic E-state index is 12.5. The molecule has 1 heterocycles. The minimum Gasteiger partial charge on any atom is -0.548 e. The second kappa shape index (κ2) is 13.1. The van der Waals surface area contributed by atoms with Crippen molar-refractivity contribution in [3.8, 4) is 0 Å². The summed E-state index contributed by atoms with van der Waals surface area (Å²) in [5.41, 5.74) is 1.59. The van der Waals surface area contributed by atoms with Crippen LogP contribution in [0.5, 0.6) is 0 Å². The van der Waals surface area contributed by atoms with E-state index in [1.165, 1.54) is 12.1 Å². The number of methoxy groups -OCH3 is 1. The average Bonchev–Trinajstić information content (AvgIpc) is 3.32. The molecule has 1 saturated carbocycles. The zero-order valence-electron chi connectivity index (χ0n) is 20.9. The number of amides is 1. The number of carbonyl (C=O) groups excluding carboxylic acids is 2. The molecule has 0 radical (unpaired) electrons. The number of aliphatic carboxylic acids is 1. The number of halogens is 2. The first-order chi connectivity index (χ1) is 17.3. The fourth-order valence-corrected chi connectivity index (χ4v) is 5.40. The van der Waals surface area contributed by atoms with Crippen molar-refractivity contribution in [3.63, 3.8) is 0 Å². The maximum Gasteiger partial charge on any atom is 1.00 e. The summed E-state index contributed by atoms with van der Waals surface area (Å²) >= 11 is 12.1. The van der Waals surface area contributed by atoms with Crippen LogP contribution < -0.4 is 40.0 Å². The molecule has 1 spiro atoms. The van der Waals surface area contributed by atoms with Crippen LogP contribution in [0.2, 0.25) is 10.0 Å². The molecule has 37 heavy (non-hydrogen) atoms. The number of benzene rings is 2. The summed E-state index contributed by atoms with van der Waals surface area (Å²) < 4.78 is 17.7. The van der Waals surface area contributed by atoms with Gasteiger partial charge in [0.05, 0.1) is 46.4 Å². The third-order valence-corrected chi connectivity index (χ3v) is 7.55. The Bertz CT molecular complexity index is 1100. The van der Waals surface area contributed by atoms with E-state index in [-0.39, 0.29) is 51.6 Å². The third kappa shape index (κ3) is 6.97. The topological polar surface area (TPSA) is 96.9 Å². The van der Waals surface area contributed by atoms with Gasteiger partial charge in [0.15, 0.2) is 5.79 Å². The maximum absolute atomic E-state index is 12.5. The van der Waals surface area contributed by atoms with Crippen LogP contribution in [0.1, 0.15) is 53.6 Å². The Kier molecular flexibility index (Phi) is 10.7. The largest absolute Gasteiger partial charge is 1.00 e. The van der Waals surface area contributed by atoms with Crippen LogP contribution in [-0.4, -0.2) is 44.0 Å². The molecule has 2 aromatic rings. The second-order valence-corrected chi connectivity index (χ2v) is 9.82. The first-order valence-electron chi connectivity index (χ1n) is 11.8. The number of hydrogen-bond acceptors (Lipinski definition) is 6. The number of nitrogens with one attached hydrogen (secondary N) is 1. The SMILES string of the molecule is COC1(c2ccc(/C=C/CC(NC(=O)c3c(Cl)cccc3Cl)C(=O)[O-])cc2)CCC2(CC1)OCCO2.[Na+]. The zero-order valence-corrected chi connectivity index (χ0v) is 24.4. The molecule has 1 saturated heterocycles. The van der Waals surface area contributed by atoms with Crippen LogP contribution in [0.4, 0.5) is 0 Å². The molecule has 10 heteroatoms. The molecule has 4 rings (SSSR count). The molecule has 1 atom stereocenters. The average molecular weight is 556 g/mol. The normalized spacial score (nSPS) is 18.9. The van der Waals surface area contributed by atoms with E-state index in [2.05, 4.69) is 5.32 Å². The van der Waals surface area contributed by atoms with Gasteiger partial charge in [0.1, 0.15) is 0 Å². The Balaban J connectivity index is 0.00000380. The first kappa shape index (κ1) is 30.1. The molecule has 1 amide bonds. The minimum atomic E-state index is -1.40. The predicted molar refractivity (Wildman–Crippen MR) is 135 cm³/mol. The zero-order chi connectivity index (χ0) is 25.8. The van der Waals surface area contributed by atoms with Gasteiger partial charge in [-0.05, 0) is 42.5 Å². The van der Waals surface area contributed by atoms with E-state index >= 15 is 0 Å². The quantitative estimate of drug-likeness (QED) is 0.490. The van der Waals surface area contributed by atoms with Crippen molar-refractivity contribution in [2.75, 3.05) is 20.3 Å². The van der Waals surface area contributed by atoms with Gasteiger partial charge in [-0.15, -0.1) is 0 Å². The second-order valence-electron chi connectivity index (χ2n) is 9.01. The number of ether oxygens (including phenoxy) is 3. The smallest absolute Gasteiger partial charge is 0.548 e. The van der Waals surface area contributed by atoms with Crippen LogP contribution in [0.3, 0.4) is 0 Å². The van der Waals surface area contributed by atoms with Crippen LogP contribution in [-0.2, 0) is 24.6 Å². The molecule has 1 unspecified atom stereocenters. The minimum absolute atomic E-state index is 0. The number of hydrogen-bond donors (Lipinski definition) is 1. The Morgan fingerprint density at radius 3 is 2.19 bits per heavy atom. The van der Waals surface area contributed by atoms with Gasteiger partial charge >= 0.3 is 29.6 Å². The third-order valence-electron chi connectivity index (χ3n) is 6.92. The molecule has 0 bridgehead atoms. The molecule has 0 aromatic heterocycles. The van der Waals surface area contributed by atoms with E-state index < -0.39 is 29.3 Å². The Hall–Kier alpha value is -1.42. The van der Waals surface area contributed by atoms with E-state index in [9.17, 15) is 14.7 Å². The van der Waals surface area contributed by atoms with Gasteiger partial charge < -0.3 is 29.4 Å². The standard InChI is InChI=1S/C27H29Cl2NO6.Na/c1-34-26(12-14-27(15-13-26)35-16-17-36-27)19-10-8-18(9-11-19)4-2-7-22(25(32)33)30-24(31)23-20(28)5-3-6-21(23)29;/h2-6,8-11,22H,7,12-17H2,1H3,(H,30,31)(H,32,33);/q;+1/p-1/b4-2+;. The molecular formula is C27H28Cl2NNaO6. The van der Waals surface area contributed by atoms with E-state index in [1.807, 2.05) is 24.3 Å². The van der Waals surface area contributed by atoms with Crippen molar-refractivity contribution in [3.05, 3.63) is 75.3 Å². The molecule has 2 aliphatic rings. The number of rotatable bonds is 8. The van der Waals surface area contributed by atoms with E-state index in [1.54, 1.807) is 25.3 Å². The van der Waals surface area contributed by atoms with Crippen molar-refractivity contribution in [1.29, 1.82) is 0 Å². The van der Waals surface area contributed by atoms with E-state index in [4.69, 9.17) is 37.4 Å². The van der Waals surface area contributed by atoms with Gasteiger partial charge in [0, 0.05) is 20.0 Å². The van der Waals surface area contributed by atoms with Crippen LogP contribution in [0.15, 0.2) is 48.5 Å². The van der Waals surface area contributed by atoms with E-state index in [0.717, 1.165) is 36.8 Å². The molecule has 1 aliphatic carbocycles. The van der Waals surface area contributed by atoms with Crippen molar-refractivity contribution in [2.45, 2.75) is 49.5 Å². The fourth-order valence-electron chi connectivity index (χ4n) is 4.83. The van der Waals surface area contributed by atoms with Gasteiger partial charge in [0.2, 0.25) is 0 Å². The van der Waals surface area contributed by atoms with Gasteiger partial charge in [0.25, 0.3) is 5.91 Å². The van der Waals surface area contributed by atoms with Crippen LogP contribution in [0, 0.1) is 0 Å². The molecular weight excluding hydrogens is 528 g/mol. The van der Waals surface area contributed by atoms with Crippen molar-refractivity contribution in [2.24, 2.45) is 0 Å². The summed E-state index contributed by atoms with van der Waals surface area (Å²) in [7, 11) is 1.73. The first-order valence-corrected chi connectivity index (χ1v) is 12.6. The summed E-state index contributed by atoms with van der Waals surface area (Å²) in [6, 6.07) is 11.3. The van der Waals surface area contributed by atoms with Crippen LogP contribution >= 0.6 is 23.2 Å². The summed E-state index contributed by atoms with van der Waals surface area (Å²) in [4.78, 5) is 24.1.